The van der Waals surface area contributed by atoms with Crippen LogP contribution in [-0.4, -0.2) is 27.8 Å². The average Bonchev–Trinajstić information content (AvgIpc) is 2.62. The lowest BCUT2D eigenvalue weighted by molar-refractivity contribution is 0.315. The number of hydrogen-bond donors (Lipinski definition) is 1. The van der Waals surface area contributed by atoms with Gasteiger partial charge in [0.05, 0.1) is 28.8 Å². The summed E-state index contributed by atoms with van der Waals surface area (Å²) >= 11 is 3.43. The van der Waals surface area contributed by atoms with Crippen LogP contribution in [0.15, 0.2) is 56.9 Å². The SMILES string of the molecule is CCCOc1ccc(/C=N/NS(=O)(=O)c2ccc(OCC)cc2)cc1Br. The summed E-state index contributed by atoms with van der Waals surface area (Å²) in [7, 11) is -3.73. The van der Waals surface area contributed by atoms with Crippen molar-refractivity contribution in [3.05, 3.63) is 52.5 Å². The molecule has 0 amide bonds. The average molecular weight is 441 g/mol. The molecule has 2 rings (SSSR count). The predicted molar refractivity (Wildman–Crippen MR) is 105 cm³/mol. The van der Waals surface area contributed by atoms with Gasteiger partial charge < -0.3 is 9.47 Å². The van der Waals surface area contributed by atoms with E-state index in [1.807, 2.05) is 19.9 Å². The van der Waals surface area contributed by atoms with Crippen LogP contribution in [0.4, 0.5) is 0 Å². The molecule has 0 radical (unpaired) electrons. The number of hydrazone groups is 1. The van der Waals surface area contributed by atoms with Gasteiger partial charge in [-0.1, -0.05) is 6.92 Å². The first kappa shape index (κ1) is 20.3. The summed E-state index contributed by atoms with van der Waals surface area (Å²) in [6.07, 6.45) is 2.35. The highest BCUT2D eigenvalue weighted by Gasteiger charge is 2.12. The Labute approximate surface area is 162 Å². The van der Waals surface area contributed by atoms with E-state index in [1.165, 1.54) is 18.3 Å². The molecule has 0 aromatic heterocycles. The van der Waals surface area contributed by atoms with Crippen molar-refractivity contribution in [3.8, 4) is 11.5 Å². The molecule has 8 heteroatoms. The molecular weight excluding hydrogens is 420 g/mol. The first-order chi connectivity index (χ1) is 12.5. The maximum atomic E-state index is 12.2. The molecule has 0 aliphatic carbocycles. The van der Waals surface area contributed by atoms with Crippen LogP contribution in [0.5, 0.6) is 11.5 Å². The van der Waals surface area contributed by atoms with Gasteiger partial charge in [0, 0.05) is 0 Å². The van der Waals surface area contributed by atoms with Crippen LogP contribution in [0, 0.1) is 0 Å². The Kier molecular flexibility index (Phi) is 7.47. The number of sulfonamides is 1. The number of hydrogen-bond acceptors (Lipinski definition) is 5. The first-order valence-electron chi connectivity index (χ1n) is 8.16. The topological polar surface area (TPSA) is 77.0 Å². The summed E-state index contributed by atoms with van der Waals surface area (Å²) in [5, 5.41) is 3.83. The summed E-state index contributed by atoms with van der Waals surface area (Å²) in [5.74, 6) is 1.35. The second-order valence-electron chi connectivity index (χ2n) is 5.30. The van der Waals surface area contributed by atoms with E-state index in [-0.39, 0.29) is 4.90 Å². The van der Waals surface area contributed by atoms with Crippen LogP contribution in [-0.2, 0) is 10.0 Å². The van der Waals surface area contributed by atoms with Gasteiger partial charge in [-0.05, 0) is 77.3 Å². The van der Waals surface area contributed by atoms with Gasteiger partial charge in [0.2, 0.25) is 0 Å². The number of rotatable bonds is 9. The molecule has 0 saturated carbocycles. The smallest absolute Gasteiger partial charge is 0.276 e. The highest BCUT2D eigenvalue weighted by atomic mass is 79.9. The van der Waals surface area contributed by atoms with E-state index in [9.17, 15) is 8.42 Å². The van der Waals surface area contributed by atoms with Gasteiger partial charge in [-0.2, -0.15) is 13.5 Å². The van der Waals surface area contributed by atoms with Crippen LogP contribution in [0.1, 0.15) is 25.8 Å². The monoisotopic (exact) mass is 440 g/mol. The van der Waals surface area contributed by atoms with Crippen LogP contribution in [0.3, 0.4) is 0 Å². The number of halogens is 1. The minimum absolute atomic E-state index is 0.114. The standard InChI is InChI=1S/C18H21BrN2O4S/c1-3-11-25-18-10-5-14(12-17(18)19)13-20-21-26(22,23)16-8-6-15(7-9-16)24-4-2/h5-10,12-13,21H,3-4,11H2,1-2H3/b20-13+. The molecule has 2 aromatic carbocycles. The summed E-state index contributed by atoms with van der Waals surface area (Å²) in [6.45, 7) is 5.05. The van der Waals surface area contributed by atoms with E-state index in [0.29, 0.717) is 19.0 Å². The minimum atomic E-state index is -3.73. The number of benzene rings is 2. The fraction of sp³-hybridized carbons (Fsp3) is 0.278. The molecule has 0 unspecified atom stereocenters. The maximum Gasteiger partial charge on any atom is 0.276 e. The molecule has 26 heavy (non-hydrogen) atoms. The third-order valence-electron chi connectivity index (χ3n) is 3.25. The lowest BCUT2D eigenvalue weighted by Gasteiger charge is -2.07. The van der Waals surface area contributed by atoms with Crippen molar-refractivity contribution < 1.29 is 17.9 Å². The third-order valence-corrected chi connectivity index (χ3v) is 5.11. The number of ether oxygens (including phenoxy) is 2. The van der Waals surface area contributed by atoms with Gasteiger partial charge in [0.15, 0.2) is 0 Å². The summed E-state index contributed by atoms with van der Waals surface area (Å²) in [6, 6.07) is 11.6. The zero-order chi connectivity index (χ0) is 19.0. The van der Waals surface area contributed by atoms with E-state index < -0.39 is 10.0 Å². The molecule has 0 aliphatic rings. The molecule has 0 spiro atoms. The van der Waals surface area contributed by atoms with Crippen LogP contribution in [0.25, 0.3) is 0 Å². The van der Waals surface area contributed by atoms with Crippen molar-refractivity contribution in [2.24, 2.45) is 5.10 Å². The molecule has 6 nitrogen and oxygen atoms in total. The molecule has 140 valence electrons. The van der Waals surface area contributed by atoms with E-state index in [1.54, 1.807) is 24.3 Å². The normalized spacial score (nSPS) is 11.5. The van der Waals surface area contributed by atoms with Crippen molar-refractivity contribution in [2.75, 3.05) is 13.2 Å². The van der Waals surface area contributed by atoms with E-state index in [2.05, 4.69) is 25.9 Å². The lowest BCUT2D eigenvalue weighted by atomic mass is 10.2. The molecular formula is C18H21BrN2O4S. The molecule has 0 saturated heterocycles. The van der Waals surface area contributed by atoms with Gasteiger partial charge in [-0.25, -0.2) is 4.83 Å². The van der Waals surface area contributed by atoms with Crippen LogP contribution >= 0.6 is 15.9 Å². The number of nitrogens with zero attached hydrogens (tertiary/aromatic N) is 1. The molecule has 1 N–H and O–H groups in total. The molecule has 2 aromatic rings. The minimum Gasteiger partial charge on any atom is -0.494 e. The molecule has 0 fully saturated rings. The van der Waals surface area contributed by atoms with Crippen LogP contribution < -0.4 is 14.3 Å². The van der Waals surface area contributed by atoms with Crippen molar-refractivity contribution in [1.82, 2.24) is 4.83 Å². The number of nitrogens with one attached hydrogen (secondary N) is 1. The Bertz CT molecular complexity index is 852. The molecule has 0 aliphatic heterocycles. The maximum absolute atomic E-state index is 12.2. The predicted octanol–water partition coefficient (Wildman–Crippen LogP) is 3.95. The fourth-order valence-corrected chi connectivity index (χ4v) is 3.33. The lowest BCUT2D eigenvalue weighted by Crippen LogP contribution is -2.18. The van der Waals surface area contributed by atoms with Crippen molar-refractivity contribution in [2.45, 2.75) is 25.2 Å². The van der Waals surface area contributed by atoms with Gasteiger partial charge in [0.1, 0.15) is 11.5 Å². The highest BCUT2D eigenvalue weighted by molar-refractivity contribution is 9.10. The van der Waals surface area contributed by atoms with Gasteiger partial charge in [-0.3, -0.25) is 0 Å². The zero-order valence-electron chi connectivity index (χ0n) is 14.6. The third kappa shape index (κ3) is 5.74. The molecule has 0 heterocycles. The van der Waals surface area contributed by atoms with E-state index >= 15 is 0 Å². The van der Waals surface area contributed by atoms with E-state index in [4.69, 9.17) is 9.47 Å². The molecule has 0 bridgehead atoms. The Morgan fingerprint density at radius 3 is 2.46 bits per heavy atom. The summed E-state index contributed by atoms with van der Waals surface area (Å²) in [5.41, 5.74) is 0.732. The van der Waals surface area contributed by atoms with Gasteiger partial charge >= 0.3 is 0 Å². The Balaban J connectivity index is 2.03. The largest absolute Gasteiger partial charge is 0.494 e. The van der Waals surface area contributed by atoms with Gasteiger partial charge in [-0.15, -0.1) is 0 Å². The van der Waals surface area contributed by atoms with Crippen molar-refractivity contribution >= 4 is 32.2 Å². The van der Waals surface area contributed by atoms with E-state index in [0.717, 1.165) is 22.2 Å². The second-order valence-corrected chi connectivity index (χ2v) is 7.81. The quantitative estimate of drug-likeness (QED) is 0.472. The zero-order valence-corrected chi connectivity index (χ0v) is 17.0. The Morgan fingerprint density at radius 1 is 1.12 bits per heavy atom. The Hall–Kier alpha value is -2.06. The Morgan fingerprint density at radius 2 is 1.85 bits per heavy atom. The van der Waals surface area contributed by atoms with Crippen LogP contribution in [0.2, 0.25) is 0 Å². The van der Waals surface area contributed by atoms with Crippen molar-refractivity contribution in [1.29, 1.82) is 0 Å². The fourth-order valence-electron chi connectivity index (χ4n) is 2.03. The second kappa shape index (κ2) is 9.59. The highest BCUT2D eigenvalue weighted by Crippen LogP contribution is 2.25. The summed E-state index contributed by atoms with van der Waals surface area (Å²) < 4.78 is 36.1. The molecule has 0 atom stereocenters. The van der Waals surface area contributed by atoms with Crippen molar-refractivity contribution in [3.63, 3.8) is 0 Å². The van der Waals surface area contributed by atoms with Gasteiger partial charge in [0.25, 0.3) is 10.0 Å². The first-order valence-corrected chi connectivity index (χ1v) is 10.4. The summed E-state index contributed by atoms with van der Waals surface area (Å²) in [4.78, 5) is 2.31.